The number of hydrogen-bond acceptors (Lipinski definition) is 5. The predicted molar refractivity (Wildman–Crippen MR) is 113 cm³/mol. The normalized spacial score (nSPS) is 19.4. The molecule has 7 heteroatoms. The molecule has 0 radical (unpaired) electrons. The van der Waals surface area contributed by atoms with Gasteiger partial charge in [0.25, 0.3) is 0 Å². The largest absolute Gasteiger partial charge is 0.486 e. The Hall–Kier alpha value is -1.99. The van der Waals surface area contributed by atoms with Crippen LogP contribution in [-0.2, 0) is 13.2 Å². The van der Waals surface area contributed by atoms with Gasteiger partial charge in [-0.25, -0.2) is 9.37 Å². The van der Waals surface area contributed by atoms with Gasteiger partial charge in [0, 0.05) is 37.0 Å². The number of aromatic nitrogens is 1. The lowest BCUT2D eigenvalue weighted by Crippen LogP contribution is -2.28. The number of hydrogen-bond donors (Lipinski definition) is 1. The molecule has 2 atom stereocenters. The van der Waals surface area contributed by atoms with E-state index in [0.29, 0.717) is 18.3 Å². The first-order valence-electron chi connectivity index (χ1n) is 9.02. The molecule has 1 aliphatic heterocycles. The summed E-state index contributed by atoms with van der Waals surface area (Å²) >= 11 is 1.59. The minimum atomic E-state index is -0.267. The molecule has 4 nitrogen and oxygen atoms in total. The Bertz CT molecular complexity index is 875. The molecule has 2 N–H and O–H groups in total. The monoisotopic (exact) mass is 419 g/mol. The van der Waals surface area contributed by atoms with Gasteiger partial charge in [0.15, 0.2) is 0 Å². The Morgan fingerprint density at radius 3 is 2.61 bits per heavy atom. The van der Waals surface area contributed by atoms with E-state index in [2.05, 4.69) is 39.5 Å². The highest BCUT2D eigenvalue weighted by molar-refractivity contribution is 7.09. The Kier molecular flexibility index (Phi) is 7.02. The highest BCUT2D eigenvalue weighted by Gasteiger charge is 2.31. The molecule has 0 spiro atoms. The van der Waals surface area contributed by atoms with Gasteiger partial charge in [-0.2, -0.15) is 0 Å². The van der Waals surface area contributed by atoms with Gasteiger partial charge >= 0.3 is 0 Å². The van der Waals surface area contributed by atoms with Crippen molar-refractivity contribution in [2.45, 2.75) is 25.1 Å². The molecule has 1 fully saturated rings. The maximum absolute atomic E-state index is 12.9. The van der Waals surface area contributed by atoms with Gasteiger partial charge in [-0.05, 0) is 29.8 Å². The summed E-state index contributed by atoms with van der Waals surface area (Å²) in [6, 6.07) is 16.7. The smallest absolute Gasteiger partial charge is 0.140 e. The average molecular weight is 420 g/mol. The number of likely N-dealkylation sites (tertiary alicyclic amines) is 1. The zero-order valence-corrected chi connectivity index (χ0v) is 17.0. The van der Waals surface area contributed by atoms with Gasteiger partial charge in [-0.3, -0.25) is 4.90 Å². The van der Waals surface area contributed by atoms with Crippen LogP contribution >= 0.6 is 23.7 Å². The summed E-state index contributed by atoms with van der Waals surface area (Å²) in [6.07, 6.45) is 0. The number of rotatable bonds is 6. The molecular formula is C21H23ClFN3OS. The van der Waals surface area contributed by atoms with E-state index in [1.165, 1.54) is 17.7 Å². The Labute approximate surface area is 174 Å². The van der Waals surface area contributed by atoms with E-state index in [4.69, 9.17) is 10.5 Å². The number of benzene rings is 2. The zero-order valence-electron chi connectivity index (χ0n) is 15.3. The third-order valence-electron chi connectivity index (χ3n) is 4.83. The fraction of sp³-hybridized carbons (Fsp3) is 0.286. The first-order chi connectivity index (χ1) is 13.2. The van der Waals surface area contributed by atoms with Gasteiger partial charge < -0.3 is 10.5 Å². The van der Waals surface area contributed by atoms with Crippen LogP contribution < -0.4 is 10.5 Å². The van der Waals surface area contributed by atoms with E-state index in [0.717, 1.165) is 30.3 Å². The van der Waals surface area contributed by atoms with Gasteiger partial charge in [0.05, 0.1) is 5.69 Å². The summed E-state index contributed by atoms with van der Waals surface area (Å²) in [5.74, 6) is 0.743. The third-order valence-corrected chi connectivity index (χ3v) is 5.70. The molecule has 0 aliphatic carbocycles. The highest BCUT2D eigenvalue weighted by atomic mass is 35.5. The minimum Gasteiger partial charge on any atom is -0.486 e. The minimum absolute atomic E-state index is 0. The fourth-order valence-electron chi connectivity index (χ4n) is 3.49. The van der Waals surface area contributed by atoms with Crippen molar-refractivity contribution in [3.8, 4) is 5.75 Å². The number of ether oxygens (including phenoxy) is 1. The first kappa shape index (κ1) is 20.7. The van der Waals surface area contributed by atoms with E-state index in [1.807, 2.05) is 6.07 Å². The molecule has 4 rings (SSSR count). The van der Waals surface area contributed by atoms with Crippen LogP contribution in [0, 0.1) is 5.82 Å². The molecule has 2 heterocycles. The fourth-order valence-corrected chi connectivity index (χ4v) is 4.18. The maximum Gasteiger partial charge on any atom is 0.140 e. The van der Waals surface area contributed by atoms with Crippen molar-refractivity contribution in [2.75, 3.05) is 13.1 Å². The quantitative estimate of drug-likeness (QED) is 0.650. The second-order valence-corrected chi connectivity index (χ2v) is 7.79. The first-order valence-corrected chi connectivity index (χ1v) is 9.90. The van der Waals surface area contributed by atoms with Crippen LogP contribution in [-0.4, -0.2) is 29.0 Å². The molecule has 148 valence electrons. The van der Waals surface area contributed by atoms with Crippen molar-refractivity contribution in [2.24, 2.45) is 5.73 Å². The molecule has 0 saturated carbocycles. The molecule has 3 aromatic rings. The zero-order chi connectivity index (χ0) is 18.6. The number of nitrogens with zero attached hydrogens (tertiary/aromatic N) is 2. The number of halogens is 2. The van der Waals surface area contributed by atoms with E-state index in [9.17, 15) is 4.39 Å². The molecule has 28 heavy (non-hydrogen) atoms. The summed E-state index contributed by atoms with van der Waals surface area (Å²) in [7, 11) is 0. The summed E-state index contributed by atoms with van der Waals surface area (Å²) < 4.78 is 18.6. The molecule has 0 unspecified atom stereocenters. The van der Waals surface area contributed by atoms with Crippen molar-refractivity contribution in [1.29, 1.82) is 0 Å². The average Bonchev–Trinajstić information content (AvgIpc) is 3.28. The summed E-state index contributed by atoms with van der Waals surface area (Å²) in [5, 5.41) is 2.99. The second-order valence-electron chi connectivity index (χ2n) is 6.85. The summed E-state index contributed by atoms with van der Waals surface area (Å²) in [4.78, 5) is 7.03. The van der Waals surface area contributed by atoms with Crippen molar-refractivity contribution in [3.63, 3.8) is 0 Å². The van der Waals surface area contributed by atoms with E-state index in [-0.39, 0.29) is 24.3 Å². The van der Waals surface area contributed by atoms with Crippen LogP contribution in [0.3, 0.4) is 0 Å². The van der Waals surface area contributed by atoms with Gasteiger partial charge in [0.2, 0.25) is 0 Å². The summed E-state index contributed by atoms with van der Waals surface area (Å²) in [5.41, 5.74) is 8.72. The van der Waals surface area contributed by atoms with Crippen LogP contribution in [0.5, 0.6) is 5.75 Å². The predicted octanol–water partition coefficient (Wildman–Crippen LogP) is 4.21. The second kappa shape index (κ2) is 9.47. The molecule has 1 saturated heterocycles. The van der Waals surface area contributed by atoms with Gasteiger partial charge in [-0.15, -0.1) is 23.7 Å². The number of thiazole rings is 1. The molecule has 0 amide bonds. The van der Waals surface area contributed by atoms with Gasteiger partial charge in [-0.1, -0.05) is 30.3 Å². The molecular weight excluding hydrogens is 397 g/mol. The maximum atomic E-state index is 12.9. The standard InChI is InChI=1S/C21H22FN3OS.ClH/c22-16-6-8-18(9-7-16)26-13-21-24-17(14-27-21)10-25-11-19(20(23)12-25)15-4-2-1-3-5-15;/h1-9,14,19-20H,10-13,23H2;1H/t19-,20+;/m0./s1. The van der Waals surface area contributed by atoms with Crippen LogP contribution in [0.4, 0.5) is 4.39 Å². The SMILES string of the molecule is Cl.N[C@@H]1CN(Cc2csc(COc3ccc(F)cc3)n2)C[C@H]1c1ccccc1. The Morgan fingerprint density at radius 1 is 1.11 bits per heavy atom. The highest BCUT2D eigenvalue weighted by Crippen LogP contribution is 2.27. The van der Waals surface area contributed by atoms with Crippen molar-refractivity contribution in [1.82, 2.24) is 9.88 Å². The van der Waals surface area contributed by atoms with Crippen LogP contribution in [0.15, 0.2) is 60.0 Å². The van der Waals surface area contributed by atoms with Crippen molar-refractivity contribution < 1.29 is 9.13 Å². The molecule has 1 aliphatic rings. The molecule has 0 bridgehead atoms. The van der Waals surface area contributed by atoms with E-state index < -0.39 is 0 Å². The van der Waals surface area contributed by atoms with Crippen LogP contribution in [0.2, 0.25) is 0 Å². The Balaban J connectivity index is 0.00000225. The van der Waals surface area contributed by atoms with E-state index in [1.54, 1.807) is 23.5 Å². The van der Waals surface area contributed by atoms with Crippen LogP contribution in [0.1, 0.15) is 22.2 Å². The Morgan fingerprint density at radius 2 is 1.86 bits per heavy atom. The van der Waals surface area contributed by atoms with Crippen molar-refractivity contribution in [3.05, 3.63) is 82.1 Å². The third kappa shape index (κ3) is 5.08. The van der Waals surface area contributed by atoms with Crippen LogP contribution in [0.25, 0.3) is 0 Å². The van der Waals surface area contributed by atoms with E-state index >= 15 is 0 Å². The summed E-state index contributed by atoms with van der Waals surface area (Å²) in [6.45, 7) is 3.01. The lowest BCUT2D eigenvalue weighted by molar-refractivity contribution is 0.301. The number of nitrogens with two attached hydrogens (primary N) is 1. The van der Waals surface area contributed by atoms with Gasteiger partial charge in [0.1, 0.15) is 23.2 Å². The topological polar surface area (TPSA) is 51.4 Å². The lowest BCUT2D eigenvalue weighted by Gasteiger charge is -2.15. The lowest BCUT2D eigenvalue weighted by atomic mass is 9.95. The molecule has 1 aromatic heterocycles. The molecule has 2 aromatic carbocycles. The van der Waals surface area contributed by atoms with Crippen molar-refractivity contribution >= 4 is 23.7 Å².